The van der Waals surface area contributed by atoms with Crippen molar-refractivity contribution in [3.8, 4) is 0 Å². The van der Waals surface area contributed by atoms with Crippen molar-refractivity contribution in [1.82, 2.24) is 4.98 Å². The number of benzene rings is 2. The van der Waals surface area contributed by atoms with Crippen LogP contribution in [0.2, 0.25) is 10.0 Å². The number of aromatic nitrogens is 1. The molecule has 3 aromatic rings. The molecule has 0 radical (unpaired) electrons. The number of halogens is 4. The van der Waals surface area contributed by atoms with Crippen LogP contribution in [0.15, 0.2) is 54.7 Å². The molecule has 11 heteroatoms. The summed E-state index contributed by atoms with van der Waals surface area (Å²) in [5.74, 6) is -1.77. The highest BCUT2D eigenvalue weighted by molar-refractivity contribution is 6.34. The molecule has 1 aliphatic heterocycles. The van der Waals surface area contributed by atoms with Crippen LogP contribution in [0.25, 0.3) is 0 Å². The topological polar surface area (TPSA) is 103 Å². The highest BCUT2D eigenvalue weighted by Crippen LogP contribution is 2.46. The summed E-state index contributed by atoms with van der Waals surface area (Å²) in [6, 6.07) is 10.5. The number of carbonyl (C=O) groups is 2. The van der Waals surface area contributed by atoms with E-state index in [1.54, 1.807) is 0 Å². The van der Waals surface area contributed by atoms with E-state index < -0.39 is 35.5 Å². The van der Waals surface area contributed by atoms with Gasteiger partial charge in [0.2, 0.25) is 0 Å². The fourth-order valence-electron chi connectivity index (χ4n) is 4.07. The standard InChI is InChI=1S/C25H21Cl2F2N3O4/c1-24(29)8-9-32(20-6-3-15(26)10-18(20)25(24,36)13-33)23(35)14-2-7-21(30-12-14)31-22(34)17-11-16(28)4-5-19(17)27/h2-7,10-12,33,36H,8-9,13H2,1H3,(H,30,31,34). The first-order valence-electron chi connectivity index (χ1n) is 10.8. The minimum atomic E-state index is -2.28. The van der Waals surface area contributed by atoms with Crippen LogP contribution in [0.1, 0.15) is 39.6 Å². The quantitative estimate of drug-likeness (QED) is 0.447. The third-order valence-electron chi connectivity index (χ3n) is 6.26. The van der Waals surface area contributed by atoms with Crippen molar-refractivity contribution in [2.75, 3.05) is 23.4 Å². The summed E-state index contributed by atoms with van der Waals surface area (Å²) < 4.78 is 29.0. The maximum Gasteiger partial charge on any atom is 0.259 e. The number of aliphatic hydroxyl groups is 2. The SMILES string of the molecule is CC1(F)CCN(C(=O)c2ccc(NC(=O)c3cc(F)ccc3Cl)nc2)c2ccc(Cl)cc2C1(O)CO. The van der Waals surface area contributed by atoms with Crippen LogP contribution in [0.5, 0.6) is 0 Å². The van der Waals surface area contributed by atoms with E-state index in [2.05, 4.69) is 10.3 Å². The molecule has 0 saturated heterocycles. The van der Waals surface area contributed by atoms with Gasteiger partial charge in [-0.1, -0.05) is 23.2 Å². The van der Waals surface area contributed by atoms with Crippen molar-refractivity contribution >= 4 is 46.5 Å². The van der Waals surface area contributed by atoms with E-state index in [9.17, 15) is 24.2 Å². The second-order valence-electron chi connectivity index (χ2n) is 8.59. The first kappa shape index (κ1) is 26.0. The molecule has 2 unspecified atom stereocenters. The molecule has 0 spiro atoms. The number of hydrogen-bond donors (Lipinski definition) is 3. The van der Waals surface area contributed by atoms with Crippen molar-refractivity contribution < 1.29 is 28.6 Å². The van der Waals surface area contributed by atoms with Crippen molar-refractivity contribution in [2.45, 2.75) is 24.6 Å². The number of rotatable bonds is 4. The molecule has 0 saturated carbocycles. The molecule has 1 aliphatic rings. The lowest BCUT2D eigenvalue weighted by molar-refractivity contribution is -0.130. The van der Waals surface area contributed by atoms with E-state index in [0.29, 0.717) is 0 Å². The Bertz CT molecular complexity index is 1340. The molecule has 0 aliphatic carbocycles. The normalized spacial score (nSPS) is 21.5. The lowest BCUT2D eigenvalue weighted by atomic mass is 9.79. The first-order chi connectivity index (χ1) is 17.0. The number of alkyl halides is 1. The molecule has 36 heavy (non-hydrogen) atoms. The Labute approximate surface area is 215 Å². The van der Waals surface area contributed by atoms with E-state index >= 15 is 4.39 Å². The second-order valence-corrected chi connectivity index (χ2v) is 9.44. The van der Waals surface area contributed by atoms with Gasteiger partial charge in [-0.05, 0) is 55.5 Å². The minimum absolute atomic E-state index is 0.0165. The van der Waals surface area contributed by atoms with Gasteiger partial charge in [0.1, 0.15) is 22.9 Å². The second kappa shape index (κ2) is 9.74. The lowest BCUT2D eigenvalue weighted by Crippen LogP contribution is -2.49. The monoisotopic (exact) mass is 535 g/mol. The maximum atomic E-state index is 15.5. The molecule has 7 nitrogen and oxygen atoms in total. The Morgan fingerprint density at radius 1 is 1.17 bits per heavy atom. The highest BCUT2D eigenvalue weighted by Gasteiger charge is 2.52. The Kier molecular flexibility index (Phi) is 7.03. The summed E-state index contributed by atoms with van der Waals surface area (Å²) in [6.45, 7) is 0.145. The number of anilines is 2. The Morgan fingerprint density at radius 3 is 2.58 bits per heavy atom. The summed E-state index contributed by atoms with van der Waals surface area (Å²) in [7, 11) is 0. The van der Waals surface area contributed by atoms with Crippen molar-refractivity contribution in [3.63, 3.8) is 0 Å². The van der Waals surface area contributed by atoms with Crippen LogP contribution in [0, 0.1) is 5.82 Å². The van der Waals surface area contributed by atoms with Gasteiger partial charge in [0.15, 0.2) is 0 Å². The maximum absolute atomic E-state index is 15.5. The predicted octanol–water partition coefficient (Wildman–Crippen LogP) is 4.74. The zero-order chi connectivity index (χ0) is 26.3. The lowest BCUT2D eigenvalue weighted by Gasteiger charge is -2.37. The van der Waals surface area contributed by atoms with Crippen LogP contribution in [-0.2, 0) is 5.60 Å². The fourth-order valence-corrected chi connectivity index (χ4v) is 4.45. The van der Waals surface area contributed by atoms with Crippen molar-refractivity contribution in [2.24, 2.45) is 0 Å². The van der Waals surface area contributed by atoms with Crippen LogP contribution >= 0.6 is 23.2 Å². The zero-order valence-corrected chi connectivity index (χ0v) is 20.4. The van der Waals surface area contributed by atoms with Gasteiger partial charge in [-0.25, -0.2) is 13.8 Å². The molecule has 3 N–H and O–H groups in total. The molecule has 4 rings (SSSR count). The van der Waals surface area contributed by atoms with Crippen LogP contribution in [-0.4, -0.2) is 45.8 Å². The van der Waals surface area contributed by atoms with Gasteiger partial charge in [-0.3, -0.25) is 9.59 Å². The summed E-state index contributed by atoms with van der Waals surface area (Å²) in [5.41, 5.74) is -4.33. The van der Waals surface area contributed by atoms with Crippen LogP contribution in [0.3, 0.4) is 0 Å². The number of carbonyl (C=O) groups excluding carboxylic acids is 2. The van der Waals surface area contributed by atoms with Crippen molar-refractivity contribution in [1.29, 1.82) is 0 Å². The van der Waals surface area contributed by atoms with E-state index in [4.69, 9.17) is 23.2 Å². The predicted molar refractivity (Wildman–Crippen MR) is 132 cm³/mol. The molecule has 1 aromatic heterocycles. The Hall–Kier alpha value is -3.11. The average molecular weight is 536 g/mol. The van der Waals surface area contributed by atoms with Gasteiger partial charge >= 0.3 is 0 Å². The van der Waals surface area contributed by atoms with Crippen LogP contribution < -0.4 is 10.2 Å². The smallest absolute Gasteiger partial charge is 0.259 e. The minimum Gasteiger partial charge on any atom is -0.393 e. The van der Waals surface area contributed by atoms with E-state index in [0.717, 1.165) is 19.1 Å². The Balaban J connectivity index is 1.62. The van der Waals surface area contributed by atoms with Gasteiger partial charge in [0.05, 0.1) is 28.4 Å². The third kappa shape index (κ3) is 4.67. The summed E-state index contributed by atoms with van der Waals surface area (Å²) in [5, 5.41) is 23.7. The summed E-state index contributed by atoms with van der Waals surface area (Å²) >= 11 is 12.0. The Morgan fingerprint density at radius 2 is 1.92 bits per heavy atom. The van der Waals surface area contributed by atoms with Crippen LogP contribution in [0.4, 0.5) is 20.3 Å². The first-order valence-corrected chi connectivity index (χ1v) is 11.6. The summed E-state index contributed by atoms with van der Waals surface area (Å²) in [6.07, 6.45) is 0.955. The van der Waals surface area contributed by atoms with Gasteiger partial charge in [-0.15, -0.1) is 0 Å². The zero-order valence-electron chi connectivity index (χ0n) is 18.9. The van der Waals surface area contributed by atoms with E-state index in [-0.39, 0.29) is 51.2 Å². The molecular weight excluding hydrogens is 515 g/mol. The fraction of sp³-hybridized carbons (Fsp3) is 0.240. The van der Waals surface area contributed by atoms with E-state index in [1.165, 1.54) is 47.5 Å². The number of nitrogens with zero attached hydrogens (tertiary/aromatic N) is 2. The van der Waals surface area contributed by atoms with Gasteiger partial charge in [0, 0.05) is 29.7 Å². The number of fused-ring (bicyclic) bond motifs is 1. The van der Waals surface area contributed by atoms with Gasteiger partial charge in [0.25, 0.3) is 11.8 Å². The van der Waals surface area contributed by atoms with E-state index in [1.807, 2.05) is 0 Å². The number of hydrogen-bond acceptors (Lipinski definition) is 5. The number of nitrogens with one attached hydrogen (secondary N) is 1. The largest absolute Gasteiger partial charge is 0.393 e. The molecule has 0 fully saturated rings. The molecule has 2 amide bonds. The number of amides is 2. The molecule has 2 heterocycles. The van der Waals surface area contributed by atoms with Gasteiger partial charge < -0.3 is 20.4 Å². The van der Waals surface area contributed by atoms with Crippen molar-refractivity contribution in [3.05, 3.63) is 87.3 Å². The molecule has 0 bridgehead atoms. The van der Waals surface area contributed by atoms with Gasteiger partial charge in [-0.2, -0.15) is 0 Å². The average Bonchev–Trinajstić information content (AvgIpc) is 2.93. The molecule has 188 valence electrons. The highest BCUT2D eigenvalue weighted by atomic mass is 35.5. The molecule has 2 aromatic carbocycles. The molecular formula is C25H21Cl2F2N3O4. The summed E-state index contributed by atoms with van der Waals surface area (Å²) in [4.78, 5) is 31.2. The number of aliphatic hydroxyl groups excluding tert-OH is 1. The number of pyridine rings is 1. The molecule has 2 atom stereocenters. The third-order valence-corrected chi connectivity index (χ3v) is 6.83.